The number of carbonyl (C=O) groups excluding carboxylic acids is 1. The lowest BCUT2D eigenvalue weighted by atomic mass is 9.99. The fourth-order valence-electron chi connectivity index (χ4n) is 2.50. The Balaban J connectivity index is 0.00000200. The van der Waals surface area contributed by atoms with Gasteiger partial charge in [0.15, 0.2) is 0 Å². The number of nitrogens with zero attached hydrogens (tertiary/aromatic N) is 2. The fourth-order valence-corrected chi connectivity index (χ4v) is 2.50. The van der Waals surface area contributed by atoms with E-state index in [9.17, 15) is 4.79 Å². The van der Waals surface area contributed by atoms with Gasteiger partial charge in [-0.3, -0.25) is 4.79 Å². The van der Waals surface area contributed by atoms with E-state index in [1.165, 1.54) is 6.33 Å². The fraction of sp³-hybridized carbons (Fsp3) is 0.643. The second kappa shape index (κ2) is 7.55. The molecular weight excluding hydrogens is 276 g/mol. The molecule has 1 aliphatic rings. The van der Waals surface area contributed by atoms with Crippen LogP contribution in [0, 0.1) is 0 Å². The SMILES string of the molecule is CC1CC(NC(=O)c2cncnc2C(C)C)CCN1.Cl. The van der Waals surface area contributed by atoms with Gasteiger partial charge < -0.3 is 10.6 Å². The molecule has 0 radical (unpaired) electrons. The normalized spacial score (nSPS) is 22.2. The molecule has 1 aromatic rings. The van der Waals surface area contributed by atoms with Gasteiger partial charge in [0.05, 0.1) is 11.3 Å². The molecule has 0 aliphatic carbocycles. The van der Waals surface area contributed by atoms with Crippen LogP contribution in [0.2, 0.25) is 0 Å². The highest BCUT2D eigenvalue weighted by atomic mass is 35.5. The van der Waals surface area contributed by atoms with Gasteiger partial charge in [0.25, 0.3) is 5.91 Å². The summed E-state index contributed by atoms with van der Waals surface area (Å²) < 4.78 is 0. The van der Waals surface area contributed by atoms with E-state index in [1.54, 1.807) is 6.20 Å². The van der Waals surface area contributed by atoms with E-state index in [0.717, 1.165) is 25.1 Å². The van der Waals surface area contributed by atoms with Crippen LogP contribution >= 0.6 is 12.4 Å². The molecule has 0 aromatic carbocycles. The molecule has 0 spiro atoms. The average Bonchev–Trinajstić information content (AvgIpc) is 2.38. The number of amides is 1. The number of hydrogen-bond donors (Lipinski definition) is 2. The maximum Gasteiger partial charge on any atom is 0.254 e. The van der Waals surface area contributed by atoms with Crippen LogP contribution in [0.1, 0.15) is 55.6 Å². The summed E-state index contributed by atoms with van der Waals surface area (Å²) in [6.45, 7) is 7.16. The molecule has 6 heteroatoms. The number of aromatic nitrogens is 2. The number of piperidine rings is 1. The minimum Gasteiger partial charge on any atom is -0.349 e. The first-order chi connectivity index (χ1) is 9.08. The first kappa shape index (κ1) is 16.9. The zero-order chi connectivity index (χ0) is 13.8. The smallest absolute Gasteiger partial charge is 0.254 e. The number of halogens is 1. The predicted octanol–water partition coefficient (Wildman–Crippen LogP) is 1.89. The number of carbonyl (C=O) groups is 1. The molecule has 1 amide bonds. The summed E-state index contributed by atoms with van der Waals surface area (Å²) in [6.07, 6.45) is 5.05. The van der Waals surface area contributed by atoms with E-state index >= 15 is 0 Å². The highest BCUT2D eigenvalue weighted by Crippen LogP contribution is 2.16. The Kier molecular flexibility index (Phi) is 6.36. The summed E-state index contributed by atoms with van der Waals surface area (Å²) >= 11 is 0. The second-order valence-corrected chi connectivity index (χ2v) is 5.53. The molecule has 5 nitrogen and oxygen atoms in total. The summed E-state index contributed by atoms with van der Waals surface area (Å²) in [4.78, 5) is 20.5. The maximum atomic E-state index is 12.3. The highest BCUT2D eigenvalue weighted by Gasteiger charge is 2.22. The molecule has 1 aliphatic heterocycles. The molecule has 2 N–H and O–H groups in total. The van der Waals surface area contributed by atoms with Crippen LogP contribution in [0.4, 0.5) is 0 Å². The third-order valence-electron chi connectivity index (χ3n) is 3.49. The standard InChI is InChI=1S/C14H22N4O.ClH/c1-9(2)13-12(7-15-8-17-13)14(19)18-11-4-5-16-10(3)6-11;/h7-11,16H,4-6H2,1-3H3,(H,18,19);1H. The van der Waals surface area contributed by atoms with E-state index in [0.29, 0.717) is 11.6 Å². The van der Waals surface area contributed by atoms with Crippen molar-refractivity contribution >= 4 is 18.3 Å². The lowest BCUT2D eigenvalue weighted by molar-refractivity contribution is 0.0923. The zero-order valence-corrected chi connectivity index (χ0v) is 13.0. The van der Waals surface area contributed by atoms with Gasteiger partial charge in [-0.1, -0.05) is 13.8 Å². The van der Waals surface area contributed by atoms with Crippen LogP contribution < -0.4 is 10.6 Å². The van der Waals surface area contributed by atoms with Crippen molar-refractivity contribution in [3.05, 3.63) is 23.8 Å². The molecule has 1 aromatic heterocycles. The largest absolute Gasteiger partial charge is 0.349 e. The summed E-state index contributed by atoms with van der Waals surface area (Å²) in [7, 11) is 0. The van der Waals surface area contributed by atoms with Crippen molar-refractivity contribution in [2.75, 3.05) is 6.54 Å². The molecule has 1 saturated heterocycles. The summed E-state index contributed by atoms with van der Waals surface area (Å²) in [6, 6.07) is 0.694. The number of nitrogens with one attached hydrogen (secondary N) is 2. The van der Waals surface area contributed by atoms with Crippen LogP contribution in [-0.4, -0.2) is 34.5 Å². The third kappa shape index (κ3) is 4.15. The Labute approximate surface area is 126 Å². The summed E-state index contributed by atoms with van der Waals surface area (Å²) in [5, 5.41) is 6.48. The van der Waals surface area contributed by atoms with E-state index < -0.39 is 0 Å². The van der Waals surface area contributed by atoms with Gasteiger partial charge in [0.2, 0.25) is 0 Å². The van der Waals surface area contributed by atoms with E-state index in [-0.39, 0.29) is 30.3 Å². The predicted molar refractivity (Wildman–Crippen MR) is 81.3 cm³/mol. The van der Waals surface area contributed by atoms with Crippen molar-refractivity contribution in [3.63, 3.8) is 0 Å². The monoisotopic (exact) mass is 298 g/mol. The maximum absolute atomic E-state index is 12.3. The minimum absolute atomic E-state index is 0. The Morgan fingerprint density at radius 2 is 2.25 bits per heavy atom. The van der Waals surface area contributed by atoms with Crippen LogP contribution in [0.3, 0.4) is 0 Å². The Morgan fingerprint density at radius 3 is 2.90 bits per heavy atom. The Bertz CT molecular complexity index is 453. The van der Waals surface area contributed by atoms with Crippen molar-refractivity contribution < 1.29 is 4.79 Å². The van der Waals surface area contributed by atoms with Crippen LogP contribution in [-0.2, 0) is 0 Å². The summed E-state index contributed by atoms with van der Waals surface area (Å²) in [5.41, 5.74) is 1.41. The summed E-state index contributed by atoms with van der Waals surface area (Å²) in [5.74, 6) is 0.166. The topological polar surface area (TPSA) is 66.9 Å². The van der Waals surface area contributed by atoms with Crippen molar-refractivity contribution in [3.8, 4) is 0 Å². The average molecular weight is 299 g/mol. The van der Waals surface area contributed by atoms with Gasteiger partial charge in [-0.05, 0) is 32.2 Å². The molecule has 20 heavy (non-hydrogen) atoms. The zero-order valence-electron chi connectivity index (χ0n) is 12.2. The third-order valence-corrected chi connectivity index (χ3v) is 3.49. The number of hydrogen-bond acceptors (Lipinski definition) is 4. The molecule has 2 unspecified atom stereocenters. The van der Waals surface area contributed by atoms with E-state index in [1.807, 2.05) is 13.8 Å². The van der Waals surface area contributed by atoms with Gasteiger partial charge in [0, 0.05) is 18.3 Å². The van der Waals surface area contributed by atoms with Crippen LogP contribution in [0.15, 0.2) is 12.5 Å². The highest BCUT2D eigenvalue weighted by molar-refractivity contribution is 5.95. The van der Waals surface area contributed by atoms with E-state index in [2.05, 4.69) is 27.5 Å². The van der Waals surface area contributed by atoms with Crippen molar-refractivity contribution in [1.29, 1.82) is 0 Å². The first-order valence-corrected chi connectivity index (χ1v) is 6.92. The molecule has 112 valence electrons. The van der Waals surface area contributed by atoms with Crippen LogP contribution in [0.5, 0.6) is 0 Å². The molecular formula is C14H23ClN4O. The Morgan fingerprint density at radius 1 is 1.50 bits per heavy atom. The molecule has 2 rings (SSSR count). The quantitative estimate of drug-likeness (QED) is 0.894. The van der Waals surface area contributed by atoms with Crippen LogP contribution in [0.25, 0.3) is 0 Å². The van der Waals surface area contributed by atoms with E-state index in [4.69, 9.17) is 0 Å². The van der Waals surface area contributed by atoms with Gasteiger partial charge in [-0.15, -0.1) is 12.4 Å². The molecule has 0 bridgehead atoms. The first-order valence-electron chi connectivity index (χ1n) is 6.92. The minimum atomic E-state index is -0.0524. The molecule has 2 atom stereocenters. The second-order valence-electron chi connectivity index (χ2n) is 5.53. The van der Waals surface area contributed by atoms with Crippen molar-refractivity contribution in [1.82, 2.24) is 20.6 Å². The number of rotatable bonds is 3. The lowest BCUT2D eigenvalue weighted by Crippen LogP contribution is -2.46. The van der Waals surface area contributed by atoms with Gasteiger partial charge in [0.1, 0.15) is 6.33 Å². The Hall–Kier alpha value is -1.20. The molecule has 2 heterocycles. The van der Waals surface area contributed by atoms with Gasteiger partial charge >= 0.3 is 0 Å². The molecule has 1 fully saturated rings. The van der Waals surface area contributed by atoms with Gasteiger partial charge in [-0.2, -0.15) is 0 Å². The lowest BCUT2D eigenvalue weighted by Gasteiger charge is -2.28. The van der Waals surface area contributed by atoms with Crippen molar-refractivity contribution in [2.45, 2.75) is 51.6 Å². The van der Waals surface area contributed by atoms with Gasteiger partial charge in [-0.25, -0.2) is 9.97 Å². The molecule has 0 saturated carbocycles. The van der Waals surface area contributed by atoms with Crippen molar-refractivity contribution in [2.24, 2.45) is 0 Å².